The summed E-state index contributed by atoms with van der Waals surface area (Å²) in [6.45, 7) is 0.783. The van der Waals surface area contributed by atoms with Crippen LogP contribution in [0.25, 0.3) is 0 Å². The van der Waals surface area contributed by atoms with Gasteiger partial charge in [-0.3, -0.25) is 0 Å². The van der Waals surface area contributed by atoms with Crippen LogP contribution in [0.3, 0.4) is 0 Å². The maximum absolute atomic E-state index is 11.2. The Morgan fingerprint density at radius 1 is 1.62 bits per heavy atom. The highest BCUT2D eigenvalue weighted by molar-refractivity contribution is 7.91. The van der Waals surface area contributed by atoms with Crippen LogP contribution in [-0.2, 0) is 23.3 Å². The first-order valence-electron chi connectivity index (χ1n) is 5.47. The maximum Gasteiger partial charge on any atom is 0.151 e. The largest absolute Gasteiger partial charge is 0.338 e. The van der Waals surface area contributed by atoms with Gasteiger partial charge in [0.05, 0.1) is 11.5 Å². The molecule has 1 atom stereocenters. The molecule has 0 saturated carbocycles. The van der Waals surface area contributed by atoms with Gasteiger partial charge in [-0.05, 0) is 6.42 Å². The second-order valence-electron chi connectivity index (χ2n) is 4.26. The molecule has 1 aromatic heterocycles. The normalized spacial score (nSPS) is 23.7. The molecule has 6 heteroatoms. The molecule has 0 aliphatic carbocycles. The van der Waals surface area contributed by atoms with E-state index in [-0.39, 0.29) is 11.8 Å². The van der Waals surface area contributed by atoms with E-state index < -0.39 is 9.84 Å². The first-order valence-corrected chi connectivity index (χ1v) is 7.29. The highest BCUT2D eigenvalue weighted by atomic mass is 32.2. The van der Waals surface area contributed by atoms with Crippen molar-refractivity contribution in [1.29, 1.82) is 0 Å². The molecule has 1 saturated heterocycles. The van der Waals surface area contributed by atoms with Crippen molar-refractivity contribution in [3.05, 3.63) is 18.2 Å². The molecular formula is C10H17N3O2S. The molecular weight excluding hydrogens is 226 g/mol. The summed E-state index contributed by atoms with van der Waals surface area (Å²) < 4.78 is 24.4. The number of sulfone groups is 1. The minimum Gasteiger partial charge on any atom is -0.338 e. The molecule has 0 bridgehead atoms. The zero-order valence-corrected chi connectivity index (χ0v) is 10.2. The average molecular weight is 243 g/mol. The summed E-state index contributed by atoms with van der Waals surface area (Å²) in [5.74, 6) is 1.63. The fraction of sp³-hybridized carbons (Fsp3) is 0.700. The molecule has 16 heavy (non-hydrogen) atoms. The van der Waals surface area contributed by atoms with E-state index >= 15 is 0 Å². The lowest BCUT2D eigenvalue weighted by atomic mass is 10.2. The van der Waals surface area contributed by atoms with Crippen LogP contribution in [0.1, 0.15) is 12.2 Å². The van der Waals surface area contributed by atoms with Crippen LogP contribution in [0, 0.1) is 0 Å². The lowest BCUT2D eigenvalue weighted by Gasteiger charge is -2.10. The summed E-state index contributed by atoms with van der Waals surface area (Å²) in [6.07, 6.45) is 5.26. The SMILES string of the molecule is Cn1ccnc1CCNC1CCS(=O)(=O)C1. The predicted octanol–water partition coefficient (Wildman–Crippen LogP) is -0.261. The minimum atomic E-state index is -2.77. The van der Waals surface area contributed by atoms with Gasteiger partial charge >= 0.3 is 0 Å². The van der Waals surface area contributed by atoms with Gasteiger partial charge in [0.15, 0.2) is 9.84 Å². The van der Waals surface area contributed by atoms with Crippen LogP contribution in [0.2, 0.25) is 0 Å². The number of rotatable bonds is 4. The number of aryl methyl sites for hydroxylation is 1. The van der Waals surface area contributed by atoms with Crippen molar-refractivity contribution in [1.82, 2.24) is 14.9 Å². The second kappa shape index (κ2) is 4.55. The fourth-order valence-corrected chi connectivity index (χ4v) is 3.69. The Balaban J connectivity index is 1.75. The van der Waals surface area contributed by atoms with Crippen LogP contribution < -0.4 is 5.32 Å². The molecule has 1 aliphatic rings. The number of imidazole rings is 1. The van der Waals surface area contributed by atoms with Gasteiger partial charge in [-0.25, -0.2) is 13.4 Å². The summed E-state index contributed by atoms with van der Waals surface area (Å²) in [5, 5.41) is 3.27. The lowest BCUT2D eigenvalue weighted by Crippen LogP contribution is -2.32. The molecule has 1 fully saturated rings. The first-order chi connectivity index (χ1) is 7.57. The molecule has 2 heterocycles. The standard InChI is InChI=1S/C10H17N3O2S/c1-13-6-5-12-10(13)2-4-11-9-3-7-16(14,15)8-9/h5-6,9,11H,2-4,7-8H2,1H3. The van der Waals surface area contributed by atoms with E-state index in [0.717, 1.165) is 25.2 Å². The zero-order chi connectivity index (χ0) is 11.6. The van der Waals surface area contributed by atoms with Crippen LogP contribution in [0.4, 0.5) is 0 Å². The number of nitrogens with one attached hydrogen (secondary N) is 1. The van der Waals surface area contributed by atoms with E-state index in [1.807, 2.05) is 17.8 Å². The summed E-state index contributed by atoms with van der Waals surface area (Å²) >= 11 is 0. The third-order valence-corrected chi connectivity index (χ3v) is 4.70. The van der Waals surface area contributed by atoms with E-state index in [9.17, 15) is 8.42 Å². The molecule has 1 aromatic rings. The number of aromatic nitrogens is 2. The second-order valence-corrected chi connectivity index (χ2v) is 6.49. The summed E-state index contributed by atoms with van der Waals surface area (Å²) in [6, 6.07) is 0.130. The summed E-state index contributed by atoms with van der Waals surface area (Å²) in [4.78, 5) is 4.21. The van der Waals surface area contributed by atoms with Gasteiger partial charge in [0.1, 0.15) is 5.82 Å². The van der Waals surface area contributed by atoms with Gasteiger partial charge in [0.25, 0.3) is 0 Å². The molecule has 5 nitrogen and oxygen atoms in total. The molecule has 0 aromatic carbocycles. The van der Waals surface area contributed by atoms with Gasteiger partial charge in [0.2, 0.25) is 0 Å². The number of hydrogen-bond acceptors (Lipinski definition) is 4. The van der Waals surface area contributed by atoms with Gasteiger partial charge in [-0.1, -0.05) is 0 Å². The Labute approximate surface area is 95.8 Å². The van der Waals surface area contributed by atoms with Crippen LogP contribution >= 0.6 is 0 Å². The minimum absolute atomic E-state index is 0.130. The Kier molecular flexibility index (Phi) is 3.30. The Morgan fingerprint density at radius 2 is 2.44 bits per heavy atom. The Bertz CT molecular complexity index is 452. The molecule has 0 spiro atoms. The van der Waals surface area contributed by atoms with E-state index in [0.29, 0.717) is 5.75 Å². The van der Waals surface area contributed by atoms with E-state index in [1.165, 1.54) is 0 Å². The fourth-order valence-electron chi connectivity index (χ4n) is 1.98. The summed E-state index contributed by atoms with van der Waals surface area (Å²) in [7, 11) is -0.811. The summed E-state index contributed by atoms with van der Waals surface area (Å²) in [5.41, 5.74) is 0. The smallest absolute Gasteiger partial charge is 0.151 e. The van der Waals surface area contributed by atoms with Crippen molar-refractivity contribution in [3.63, 3.8) is 0 Å². The van der Waals surface area contributed by atoms with Crippen LogP contribution in [0.15, 0.2) is 12.4 Å². The molecule has 0 radical (unpaired) electrons. The molecule has 0 amide bonds. The monoisotopic (exact) mass is 243 g/mol. The van der Waals surface area contributed by atoms with E-state index in [4.69, 9.17) is 0 Å². The lowest BCUT2D eigenvalue weighted by molar-refractivity contribution is 0.548. The van der Waals surface area contributed by atoms with Gasteiger partial charge in [0, 0.05) is 38.4 Å². The third kappa shape index (κ3) is 2.82. The van der Waals surface area contributed by atoms with Crippen molar-refractivity contribution >= 4 is 9.84 Å². The first kappa shape index (κ1) is 11.6. The van der Waals surface area contributed by atoms with Gasteiger partial charge < -0.3 is 9.88 Å². The van der Waals surface area contributed by atoms with Crippen LogP contribution in [0.5, 0.6) is 0 Å². The van der Waals surface area contributed by atoms with Gasteiger partial charge in [-0.2, -0.15) is 0 Å². The van der Waals surface area contributed by atoms with Gasteiger partial charge in [-0.15, -0.1) is 0 Å². The van der Waals surface area contributed by atoms with Crippen molar-refractivity contribution in [2.24, 2.45) is 7.05 Å². The number of nitrogens with zero attached hydrogens (tertiary/aromatic N) is 2. The van der Waals surface area contributed by atoms with E-state index in [1.54, 1.807) is 6.20 Å². The molecule has 90 valence electrons. The molecule has 1 aliphatic heterocycles. The van der Waals surface area contributed by atoms with Crippen molar-refractivity contribution in [2.45, 2.75) is 18.9 Å². The van der Waals surface area contributed by atoms with Crippen LogP contribution in [-0.4, -0.2) is 42.1 Å². The Morgan fingerprint density at radius 3 is 3.00 bits per heavy atom. The average Bonchev–Trinajstić information content (AvgIpc) is 2.74. The molecule has 1 unspecified atom stereocenters. The van der Waals surface area contributed by atoms with Crippen molar-refractivity contribution in [2.75, 3.05) is 18.1 Å². The van der Waals surface area contributed by atoms with Crippen molar-refractivity contribution in [3.8, 4) is 0 Å². The predicted molar refractivity (Wildman–Crippen MR) is 62.0 cm³/mol. The highest BCUT2D eigenvalue weighted by Crippen LogP contribution is 2.10. The quantitative estimate of drug-likeness (QED) is 0.791. The maximum atomic E-state index is 11.2. The van der Waals surface area contributed by atoms with Crippen molar-refractivity contribution < 1.29 is 8.42 Å². The zero-order valence-electron chi connectivity index (χ0n) is 9.39. The Hall–Kier alpha value is -0.880. The highest BCUT2D eigenvalue weighted by Gasteiger charge is 2.27. The number of hydrogen-bond donors (Lipinski definition) is 1. The molecule has 2 rings (SSSR count). The van der Waals surface area contributed by atoms with E-state index in [2.05, 4.69) is 10.3 Å². The molecule has 1 N–H and O–H groups in total. The topological polar surface area (TPSA) is 64.0 Å². The third-order valence-electron chi connectivity index (χ3n) is 2.94.